The summed E-state index contributed by atoms with van der Waals surface area (Å²) in [5, 5.41) is 4.68. The van der Waals surface area contributed by atoms with Gasteiger partial charge in [-0.05, 0) is 41.5 Å². The zero-order chi connectivity index (χ0) is 18.9. The normalized spacial score (nSPS) is 10.7. The van der Waals surface area contributed by atoms with Crippen LogP contribution in [0.3, 0.4) is 0 Å². The molecule has 3 rings (SSSR count). The van der Waals surface area contributed by atoms with E-state index >= 15 is 0 Å². The molecule has 0 aliphatic rings. The van der Waals surface area contributed by atoms with Crippen LogP contribution in [0.1, 0.15) is 16.7 Å². The number of hydrazone groups is 1. The maximum absolute atomic E-state index is 11.8. The van der Waals surface area contributed by atoms with Crippen molar-refractivity contribution in [1.82, 2.24) is 5.43 Å². The quantitative estimate of drug-likeness (QED) is 0.482. The predicted octanol–water partition coefficient (Wildman–Crippen LogP) is 4.61. The van der Waals surface area contributed by atoms with Crippen LogP contribution in [0, 0.1) is 0 Å². The summed E-state index contributed by atoms with van der Waals surface area (Å²) in [4.78, 5) is 11.8. The van der Waals surface area contributed by atoms with Gasteiger partial charge >= 0.3 is 0 Å². The molecule has 27 heavy (non-hydrogen) atoms. The second-order valence-electron chi connectivity index (χ2n) is 5.90. The molecule has 0 unspecified atom stereocenters. The van der Waals surface area contributed by atoms with E-state index in [1.54, 1.807) is 6.21 Å². The maximum atomic E-state index is 11.8. The van der Waals surface area contributed by atoms with Gasteiger partial charge in [0.25, 0.3) is 0 Å². The summed E-state index contributed by atoms with van der Waals surface area (Å²) in [6.45, 7) is 0.405. The average Bonchev–Trinajstić information content (AvgIpc) is 2.69. The van der Waals surface area contributed by atoms with Crippen molar-refractivity contribution in [1.29, 1.82) is 0 Å². The Hall–Kier alpha value is -3.11. The number of hydrogen-bond acceptors (Lipinski definition) is 3. The first-order valence-corrected chi connectivity index (χ1v) is 8.90. The Bertz CT molecular complexity index is 909. The number of nitrogens with one attached hydrogen (secondary N) is 1. The molecule has 0 heterocycles. The molecule has 136 valence electrons. The fourth-order valence-electron chi connectivity index (χ4n) is 2.43. The fraction of sp³-hybridized carbons (Fsp3) is 0.0909. The predicted molar refractivity (Wildman–Crippen MR) is 108 cm³/mol. The Morgan fingerprint density at radius 3 is 2.41 bits per heavy atom. The molecule has 0 atom stereocenters. The number of hydrogen-bond donors (Lipinski definition) is 1. The first-order valence-electron chi connectivity index (χ1n) is 8.53. The van der Waals surface area contributed by atoms with Crippen LogP contribution in [0.4, 0.5) is 0 Å². The highest BCUT2D eigenvalue weighted by Gasteiger charge is 2.02. The largest absolute Gasteiger partial charge is 0.489 e. The molecule has 4 nitrogen and oxygen atoms in total. The maximum Gasteiger partial charge on any atom is 0.244 e. The fourth-order valence-corrected chi connectivity index (χ4v) is 2.62. The lowest BCUT2D eigenvalue weighted by atomic mass is 10.1. The Morgan fingerprint density at radius 1 is 0.963 bits per heavy atom. The van der Waals surface area contributed by atoms with Crippen molar-refractivity contribution in [3.05, 3.63) is 101 Å². The summed E-state index contributed by atoms with van der Waals surface area (Å²) in [7, 11) is 0. The standard InChI is InChI=1S/C22H19ClN2O2/c23-21-9-5-4-8-19(21)16-27-20-12-10-18(11-13-20)15-24-25-22(26)14-17-6-2-1-3-7-17/h1-13,15H,14,16H2,(H,25,26)/b24-15+. The molecule has 5 heteroatoms. The van der Waals surface area contributed by atoms with Gasteiger partial charge in [-0.15, -0.1) is 0 Å². The minimum Gasteiger partial charge on any atom is -0.489 e. The van der Waals surface area contributed by atoms with E-state index in [-0.39, 0.29) is 5.91 Å². The molecule has 0 spiro atoms. The summed E-state index contributed by atoms with van der Waals surface area (Å²) < 4.78 is 5.74. The lowest BCUT2D eigenvalue weighted by Crippen LogP contribution is -2.19. The number of carbonyl (C=O) groups excluding carboxylic acids is 1. The first kappa shape index (κ1) is 18.7. The minimum absolute atomic E-state index is 0.155. The number of nitrogens with zero attached hydrogens (tertiary/aromatic N) is 1. The third-order valence-corrected chi connectivity index (χ3v) is 4.21. The zero-order valence-corrected chi connectivity index (χ0v) is 15.4. The van der Waals surface area contributed by atoms with Gasteiger partial charge in [0.15, 0.2) is 0 Å². The van der Waals surface area contributed by atoms with Crippen molar-refractivity contribution in [3.8, 4) is 5.75 Å². The topological polar surface area (TPSA) is 50.7 Å². The van der Waals surface area contributed by atoms with Crippen LogP contribution < -0.4 is 10.2 Å². The van der Waals surface area contributed by atoms with Crippen LogP contribution in [-0.4, -0.2) is 12.1 Å². The van der Waals surface area contributed by atoms with Crippen molar-refractivity contribution in [3.63, 3.8) is 0 Å². The van der Waals surface area contributed by atoms with Crippen LogP contribution in [0.5, 0.6) is 5.75 Å². The second kappa shape index (κ2) is 9.55. The molecule has 0 aliphatic heterocycles. The summed E-state index contributed by atoms with van der Waals surface area (Å²) in [6, 6.07) is 24.6. The summed E-state index contributed by atoms with van der Waals surface area (Å²) in [5.74, 6) is 0.581. The van der Waals surface area contributed by atoms with E-state index in [1.807, 2.05) is 78.9 Å². The molecule has 0 aliphatic carbocycles. The smallest absolute Gasteiger partial charge is 0.244 e. The van der Waals surface area contributed by atoms with Crippen molar-refractivity contribution in [2.75, 3.05) is 0 Å². The Kier molecular flexibility index (Phi) is 6.61. The van der Waals surface area contributed by atoms with Gasteiger partial charge in [0.2, 0.25) is 5.91 Å². The van der Waals surface area contributed by atoms with Crippen molar-refractivity contribution < 1.29 is 9.53 Å². The summed E-state index contributed by atoms with van der Waals surface area (Å²) in [6.07, 6.45) is 1.90. The number of rotatable bonds is 7. The zero-order valence-electron chi connectivity index (χ0n) is 14.6. The molecule has 0 saturated heterocycles. The molecule has 3 aromatic carbocycles. The van der Waals surface area contributed by atoms with Crippen LogP contribution in [0.2, 0.25) is 5.02 Å². The van der Waals surface area contributed by atoms with Crippen LogP contribution in [-0.2, 0) is 17.8 Å². The number of carbonyl (C=O) groups is 1. The second-order valence-corrected chi connectivity index (χ2v) is 6.31. The number of benzene rings is 3. The molecule has 0 saturated carbocycles. The number of halogens is 1. The van der Waals surface area contributed by atoms with E-state index in [0.29, 0.717) is 18.1 Å². The summed E-state index contributed by atoms with van der Waals surface area (Å²) >= 11 is 6.12. The third-order valence-electron chi connectivity index (χ3n) is 3.84. The van der Waals surface area contributed by atoms with Crippen molar-refractivity contribution in [2.45, 2.75) is 13.0 Å². The van der Waals surface area contributed by atoms with Gasteiger partial charge in [-0.3, -0.25) is 4.79 Å². The van der Waals surface area contributed by atoms with Crippen LogP contribution in [0.15, 0.2) is 84.0 Å². The lowest BCUT2D eigenvalue weighted by Gasteiger charge is -2.07. The van der Waals surface area contributed by atoms with E-state index in [2.05, 4.69) is 10.5 Å². The van der Waals surface area contributed by atoms with Crippen molar-refractivity contribution in [2.24, 2.45) is 5.10 Å². The lowest BCUT2D eigenvalue weighted by molar-refractivity contribution is -0.120. The molecule has 1 amide bonds. The molecular formula is C22H19ClN2O2. The van der Waals surface area contributed by atoms with E-state index in [1.165, 1.54) is 0 Å². The highest BCUT2D eigenvalue weighted by molar-refractivity contribution is 6.31. The van der Waals surface area contributed by atoms with Crippen LogP contribution in [0.25, 0.3) is 0 Å². The van der Waals surface area contributed by atoms with Gasteiger partial charge in [-0.25, -0.2) is 5.43 Å². The highest BCUT2D eigenvalue weighted by atomic mass is 35.5. The molecule has 0 aromatic heterocycles. The van der Waals surface area contributed by atoms with Gasteiger partial charge in [0.05, 0.1) is 12.6 Å². The SMILES string of the molecule is O=C(Cc1ccccc1)N/N=C/c1ccc(OCc2ccccc2Cl)cc1. The molecule has 0 radical (unpaired) electrons. The molecule has 0 fully saturated rings. The van der Waals surface area contributed by atoms with Gasteiger partial charge in [-0.1, -0.05) is 60.1 Å². The molecule has 1 N–H and O–H groups in total. The number of amides is 1. The Morgan fingerprint density at radius 2 is 1.67 bits per heavy atom. The Labute approximate surface area is 163 Å². The van der Waals surface area contributed by atoms with E-state index in [9.17, 15) is 4.79 Å². The van der Waals surface area contributed by atoms with E-state index in [0.717, 1.165) is 22.4 Å². The van der Waals surface area contributed by atoms with Gasteiger partial charge in [0.1, 0.15) is 12.4 Å². The monoisotopic (exact) mass is 378 g/mol. The molecule has 3 aromatic rings. The molecule has 0 bridgehead atoms. The Balaban J connectivity index is 1.48. The van der Waals surface area contributed by atoms with Gasteiger partial charge < -0.3 is 4.74 Å². The van der Waals surface area contributed by atoms with Crippen LogP contribution >= 0.6 is 11.6 Å². The average molecular weight is 379 g/mol. The van der Waals surface area contributed by atoms with Gasteiger partial charge in [0, 0.05) is 10.6 Å². The van der Waals surface area contributed by atoms with E-state index < -0.39 is 0 Å². The van der Waals surface area contributed by atoms with Gasteiger partial charge in [-0.2, -0.15) is 5.10 Å². The molecular weight excluding hydrogens is 360 g/mol. The van der Waals surface area contributed by atoms with E-state index in [4.69, 9.17) is 16.3 Å². The first-order chi connectivity index (χ1) is 13.2. The highest BCUT2D eigenvalue weighted by Crippen LogP contribution is 2.18. The third kappa shape index (κ3) is 5.97. The summed E-state index contributed by atoms with van der Waals surface area (Å²) in [5.41, 5.74) is 5.28. The van der Waals surface area contributed by atoms with Crippen molar-refractivity contribution >= 4 is 23.7 Å². The minimum atomic E-state index is -0.155. The number of ether oxygens (including phenoxy) is 1.